The Labute approximate surface area is 114 Å². The molecule has 106 valence electrons. The van der Waals surface area contributed by atoms with Crippen LogP contribution in [0, 0.1) is 11.8 Å². The molecule has 0 aromatic rings. The van der Waals surface area contributed by atoms with Gasteiger partial charge in [0.1, 0.15) is 0 Å². The van der Waals surface area contributed by atoms with Crippen LogP contribution in [0.4, 0.5) is 0 Å². The SMILES string of the molecule is CC(C)N1CCC(CCC2(C(C)C)CCCN2)C1. The Kier molecular flexibility index (Phi) is 4.71. The van der Waals surface area contributed by atoms with E-state index in [9.17, 15) is 0 Å². The number of likely N-dealkylation sites (tertiary alicyclic amines) is 1. The Morgan fingerprint density at radius 3 is 2.56 bits per heavy atom. The molecule has 2 fully saturated rings. The van der Waals surface area contributed by atoms with Crippen molar-refractivity contribution >= 4 is 0 Å². The average Bonchev–Trinajstić information content (AvgIpc) is 2.96. The van der Waals surface area contributed by atoms with Crippen LogP contribution in [0.1, 0.15) is 59.8 Å². The van der Waals surface area contributed by atoms with Gasteiger partial charge in [0, 0.05) is 18.1 Å². The lowest BCUT2D eigenvalue weighted by Gasteiger charge is -2.35. The topological polar surface area (TPSA) is 15.3 Å². The summed E-state index contributed by atoms with van der Waals surface area (Å²) in [6, 6.07) is 0.735. The fourth-order valence-corrected chi connectivity index (χ4v) is 3.85. The van der Waals surface area contributed by atoms with E-state index >= 15 is 0 Å². The summed E-state index contributed by atoms with van der Waals surface area (Å²) in [5.74, 6) is 1.73. The van der Waals surface area contributed by atoms with E-state index in [0.29, 0.717) is 5.54 Å². The van der Waals surface area contributed by atoms with E-state index in [4.69, 9.17) is 0 Å². The van der Waals surface area contributed by atoms with E-state index < -0.39 is 0 Å². The number of nitrogens with one attached hydrogen (secondary N) is 1. The van der Waals surface area contributed by atoms with Crippen molar-refractivity contribution in [3.05, 3.63) is 0 Å². The van der Waals surface area contributed by atoms with Crippen LogP contribution in [0.25, 0.3) is 0 Å². The molecule has 2 saturated heterocycles. The summed E-state index contributed by atoms with van der Waals surface area (Å²) < 4.78 is 0. The maximum atomic E-state index is 3.81. The zero-order chi connectivity index (χ0) is 13.2. The summed E-state index contributed by atoms with van der Waals surface area (Å²) in [7, 11) is 0. The average molecular weight is 252 g/mol. The molecule has 2 atom stereocenters. The highest BCUT2D eigenvalue weighted by Crippen LogP contribution is 2.35. The molecule has 2 aliphatic heterocycles. The molecule has 0 aliphatic carbocycles. The molecule has 2 heterocycles. The summed E-state index contributed by atoms with van der Waals surface area (Å²) >= 11 is 0. The van der Waals surface area contributed by atoms with Gasteiger partial charge in [-0.1, -0.05) is 13.8 Å². The van der Waals surface area contributed by atoms with Crippen molar-refractivity contribution in [3.8, 4) is 0 Å². The first-order chi connectivity index (χ1) is 8.53. The molecule has 0 bridgehead atoms. The lowest BCUT2D eigenvalue weighted by Crippen LogP contribution is -2.45. The van der Waals surface area contributed by atoms with Crippen molar-refractivity contribution in [1.29, 1.82) is 0 Å². The highest BCUT2D eigenvalue weighted by atomic mass is 15.2. The van der Waals surface area contributed by atoms with Gasteiger partial charge >= 0.3 is 0 Å². The summed E-state index contributed by atoms with van der Waals surface area (Å²) in [5.41, 5.74) is 0.464. The first kappa shape index (κ1) is 14.3. The summed E-state index contributed by atoms with van der Waals surface area (Å²) in [6.07, 6.45) is 7.01. The summed E-state index contributed by atoms with van der Waals surface area (Å²) in [6.45, 7) is 13.4. The van der Waals surface area contributed by atoms with Crippen molar-refractivity contribution in [3.63, 3.8) is 0 Å². The van der Waals surface area contributed by atoms with Crippen molar-refractivity contribution in [2.45, 2.75) is 71.4 Å². The molecule has 2 rings (SSSR count). The first-order valence-corrected chi connectivity index (χ1v) is 8.02. The van der Waals surface area contributed by atoms with Crippen molar-refractivity contribution in [1.82, 2.24) is 10.2 Å². The van der Waals surface area contributed by atoms with Gasteiger partial charge in [0.25, 0.3) is 0 Å². The third-order valence-electron chi connectivity index (χ3n) is 5.43. The van der Waals surface area contributed by atoms with Crippen LogP contribution in [0.15, 0.2) is 0 Å². The lowest BCUT2D eigenvalue weighted by molar-refractivity contribution is 0.222. The zero-order valence-corrected chi connectivity index (χ0v) is 12.8. The van der Waals surface area contributed by atoms with Crippen LogP contribution in [0.5, 0.6) is 0 Å². The van der Waals surface area contributed by atoms with Gasteiger partial charge < -0.3 is 10.2 Å². The largest absolute Gasteiger partial charge is 0.311 e. The van der Waals surface area contributed by atoms with Crippen LogP contribution < -0.4 is 5.32 Å². The van der Waals surface area contributed by atoms with E-state index in [1.165, 1.54) is 51.7 Å². The fraction of sp³-hybridized carbons (Fsp3) is 1.00. The number of rotatable bonds is 5. The molecule has 2 heteroatoms. The maximum Gasteiger partial charge on any atom is 0.0205 e. The van der Waals surface area contributed by atoms with Crippen LogP contribution >= 0.6 is 0 Å². The van der Waals surface area contributed by atoms with E-state index in [2.05, 4.69) is 37.9 Å². The number of nitrogens with zero attached hydrogens (tertiary/aromatic N) is 1. The van der Waals surface area contributed by atoms with Crippen molar-refractivity contribution < 1.29 is 0 Å². The van der Waals surface area contributed by atoms with Crippen LogP contribution in [-0.4, -0.2) is 36.1 Å². The van der Waals surface area contributed by atoms with Gasteiger partial charge in [-0.15, -0.1) is 0 Å². The quantitative estimate of drug-likeness (QED) is 0.808. The molecular formula is C16H32N2. The van der Waals surface area contributed by atoms with Gasteiger partial charge in [-0.2, -0.15) is 0 Å². The first-order valence-electron chi connectivity index (χ1n) is 8.02. The molecule has 2 aliphatic rings. The van der Waals surface area contributed by atoms with Gasteiger partial charge in [0.15, 0.2) is 0 Å². The van der Waals surface area contributed by atoms with E-state index in [1.807, 2.05) is 0 Å². The molecular weight excluding hydrogens is 220 g/mol. The third-order valence-corrected chi connectivity index (χ3v) is 5.43. The highest BCUT2D eigenvalue weighted by molar-refractivity contribution is 4.96. The van der Waals surface area contributed by atoms with Crippen molar-refractivity contribution in [2.75, 3.05) is 19.6 Å². The second kappa shape index (κ2) is 5.92. The molecule has 18 heavy (non-hydrogen) atoms. The molecule has 0 radical (unpaired) electrons. The zero-order valence-electron chi connectivity index (χ0n) is 12.8. The Morgan fingerprint density at radius 2 is 2.06 bits per heavy atom. The molecule has 2 nitrogen and oxygen atoms in total. The van der Waals surface area contributed by atoms with Crippen LogP contribution in [0.2, 0.25) is 0 Å². The molecule has 0 aromatic carbocycles. The highest BCUT2D eigenvalue weighted by Gasteiger charge is 2.37. The van der Waals surface area contributed by atoms with E-state index in [1.54, 1.807) is 0 Å². The van der Waals surface area contributed by atoms with Gasteiger partial charge in [0.05, 0.1) is 0 Å². The maximum absolute atomic E-state index is 3.81. The predicted molar refractivity (Wildman–Crippen MR) is 78.9 cm³/mol. The van der Waals surface area contributed by atoms with Gasteiger partial charge in [-0.25, -0.2) is 0 Å². The van der Waals surface area contributed by atoms with Crippen LogP contribution in [-0.2, 0) is 0 Å². The minimum Gasteiger partial charge on any atom is -0.311 e. The molecule has 2 unspecified atom stereocenters. The summed E-state index contributed by atoms with van der Waals surface area (Å²) in [5, 5.41) is 3.81. The second-order valence-electron chi connectivity index (χ2n) is 7.12. The molecule has 0 spiro atoms. The number of hydrogen-bond donors (Lipinski definition) is 1. The third kappa shape index (κ3) is 3.08. The standard InChI is InChI=1S/C16H32N2/c1-13(2)16(8-5-10-17-16)9-6-15-7-11-18(12-15)14(3)4/h13-15,17H,5-12H2,1-4H3. The molecule has 0 amide bonds. The van der Waals surface area contributed by atoms with Crippen molar-refractivity contribution in [2.24, 2.45) is 11.8 Å². The normalized spacial score (nSPS) is 34.0. The van der Waals surface area contributed by atoms with Gasteiger partial charge in [-0.3, -0.25) is 0 Å². The van der Waals surface area contributed by atoms with Gasteiger partial charge in [0.2, 0.25) is 0 Å². The summed E-state index contributed by atoms with van der Waals surface area (Å²) in [4.78, 5) is 2.65. The minimum absolute atomic E-state index is 0.464. The molecule has 1 N–H and O–H groups in total. The Balaban J connectivity index is 1.81. The molecule has 0 saturated carbocycles. The van der Waals surface area contributed by atoms with E-state index in [0.717, 1.165) is 17.9 Å². The smallest absolute Gasteiger partial charge is 0.0205 e. The predicted octanol–water partition coefficient (Wildman–Crippen LogP) is 3.28. The Hall–Kier alpha value is -0.0800. The molecule has 0 aromatic heterocycles. The fourth-order valence-electron chi connectivity index (χ4n) is 3.85. The second-order valence-corrected chi connectivity index (χ2v) is 7.12. The Bertz CT molecular complexity index is 254. The minimum atomic E-state index is 0.464. The van der Waals surface area contributed by atoms with E-state index in [-0.39, 0.29) is 0 Å². The Morgan fingerprint density at radius 1 is 1.28 bits per heavy atom. The lowest BCUT2D eigenvalue weighted by atomic mass is 9.79. The van der Waals surface area contributed by atoms with Crippen LogP contribution in [0.3, 0.4) is 0 Å². The monoisotopic (exact) mass is 252 g/mol. The number of hydrogen-bond acceptors (Lipinski definition) is 2. The van der Waals surface area contributed by atoms with Gasteiger partial charge in [-0.05, 0) is 70.9 Å².